The Kier molecular flexibility index (Phi) is 3.79. The van der Waals surface area contributed by atoms with E-state index < -0.39 is 6.10 Å². The minimum absolute atomic E-state index is 0.274. The fourth-order valence-electron chi connectivity index (χ4n) is 2.20. The maximum absolute atomic E-state index is 13.0. The van der Waals surface area contributed by atoms with Crippen LogP contribution in [0.25, 0.3) is 11.1 Å². The largest absolute Gasteiger partial charge is 0.469 e. The van der Waals surface area contributed by atoms with Crippen LogP contribution in [0.3, 0.4) is 0 Å². The molecule has 0 aliphatic carbocycles. The van der Waals surface area contributed by atoms with E-state index in [4.69, 9.17) is 4.42 Å². The molecule has 1 atom stereocenters. The second-order valence-electron chi connectivity index (χ2n) is 4.69. The lowest BCUT2D eigenvalue weighted by Crippen LogP contribution is -2.02. The predicted molar refractivity (Wildman–Crippen MR) is 73.8 cm³/mol. The van der Waals surface area contributed by atoms with E-state index in [1.807, 2.05) is 6.07 Å². The number of hydrogen-bond donors (Lipinski definition) is 2. The van der Waals surface area contributed by atoms with Gasteiger partial charge in [0.25, 0.3) is 0 Å². The number of aromatic amines is 1. The highest BCUT2D eigenvalue weighted by Gasteiger charge is 2.14. The van der Waals surface area contributed by atoms with Crippen LogP contribution in [0.4, 0.5) is 4.39 Å². The van der Waals surface area contributed by atoms with E-state index >= 15 is 0 Å². The number of furan rings is 1. The second kappa shape index (κ2) is 5.88. The van der Waals surface area contributed by atoms with Crippen molar-refractivity contribution in [1.29, 1.82) is 0 Å². The van der Waals surface area contributed by atoms with Crippen molar-refractivity contribution in [2.75, 3.05) is 0 Å². The summed E-state index contributed by atoms with van der Waals surface area (Å²) in [5.74, 6) is 0.912. The molecule has 2 N–H and O–H groups in total. The Hall–Kier alpha value is -2.47. The minimum atomic E-state index is -0.723. The molecule has 0 saturated carbocycles. The third-order valence-electron chi connectivity index (χ3n) is 3.29. The average Bonchev–Trinajstić information content (AvgIpc) is 3.17. The Morgan fingerprint density at radius 3 is 2.76 bits per heavy atom. The first-order chi connectivity index (χ1) is 10.2. The van der Waals surface area contributed by atoms with Crippen LogP contribution in [-0.4, -0.2) is 20.3 Å². The number of rotatable bonds is 5. The SMILES string of the molecule is OC(CCc1occc1-c1ccc(F)cc1)c1ncn[nH]1. The summed E-state index contributed by atoms with van der Waals surface area (Å²) in [6.45, 7) is 0. The highest BCUT2D eigenvalue weighted by molar-refractivity contribution is 5.65. The van der Waals surface area contributed by atoms with Gasteiger partial charge in [0.2, 0.25) is 0 Å². The Morgan fingerprint density at radius 1 is 1.24 bits per heavy atom. The topological polar surface area (TPSA) is 74.9 Å². The molecule has 0 spiro atoms. The number of aliphatic hydroxyl groups excluding tert-OH is 1. The molecule has 1 unspecified atom stereocenters. The third-order valence-corrected chi connectivity index (χ3v) is 3.29. The van der Waals surface area contributed by atoms with Crippen molar-refractivity contribution in [2.24, 2.45) is 0 Å². The predicted octanol–water partition coefficient (Wildman–Crippen LogP) is 2.87. The molecule has 1 aromatic carbocycles. The van der Waals surface area contributed by atoms with Gasteiger partial charge in [-0.2, -0.15) is 5.10 Å². The number of hydrogen-bond acceptors (Lipinski definition) is 4. The summed E-state index contributed by atoms with van der Waals surface area (Å²) in [6, 6.07) is 8.07. The zero-order valence-electron chi connectivity index (χ0n) is 11.2. The number of halogens is 1. The van der Waals surface area contributed by atoms with Gasteiger partial charge in [-0.15, -0.1) is 0 Å². The van der Waals surface area contributed by atoms with Crippen LogP contribution >= 0.6 is 0 Å². The van der Waals surface area contributed by atoms with Gasteiger partial charge in [0, 0.05) is 12.0 Å². The minimum Gasteiger partial charge on any atom is -0.469 e. The summed E-state index contributed by atoms with van der Waals surface area (Å²) in [4.78, 5) is 3.92. The number of aromatic nitrogens is 3. The van der Waals surface area contributed by atoms with E-state index in [0.717, 1.165) is 16.9 Å². The first kappa shape index (κ1) is 13.5. The first-order valence-electron chi connectivity index (χ1n) is 6.59. The maximum Gasteiger partial charge on any atom is 0.153 e. The van der Waals surface area contributed by atoms with E-state index in [0.29, 0.717) is 18.7 Å². The number of benzene rings is 1. The molecule has 6 heteroatoms. The third kappa shape index (κ3) is 3.00. The van der Waals surface area contributed by atoms with Crippen molar-refractivity contribution in [2.45, 2.75) is 18.9 Å². The van der Waals surface area contributed by atoms with Crippen LogP contribution in [0.15, 0.2) is 47.3 Å². The fraction of sp³-hybridized carbons (Fsp3) is 0.200. The Morgan fingerprint density at radius 2 is 2.05 bits per heavy atom. The summed E-state index contributed by atoms with van der Waals surface area (Å²) in [6.07, 6.45) is 3.22. The van der Waals surface area contributed by atoms with E-state index in [-0.39, 0.29) is 5.82 Å². The van der Waals surface area contributed by atoms with Crippen LogP contribution in [0.1, 0.15) is 24.1 Å². The lowest BCUT2D eigenvalue weighted by Gasteiger charge is -2.07. The Balaban J connectivity index is 1.72. The van der Waals surface area contributed by atoms with Gasteiger partial charge in [0.05, 0.1) is 6.26 Å². The number of H-pyrrole nitrogens is 1. The molecule has 108 valence electrons. The highest BCUT2D eigenvalue weighted by Crippen LogP contribution is 2.27. The molecule has 0 aliphatic heterocycles. The second-order valence-corrected chi connectivity index (χ2v) is 4.69. The Labute approximate surface area is 120 Å². The summed E-state index contributed by atoms with van der Waals surface area (Å²) in [5, 5.41) is 16.3. The molecule has 2 heterocycles. The van der Waals surface area contributed by atoms with Crippen molar-refractivity contribution in [3.63, 3.8) is 0 Å². The molecule has 0 fully saturated rings. The lowest BCUT2D eigenvalue weighted by molar-refractivity contribution is 0.156. The molecule has 0 aliphatic rings. The van der Waals surface area contributed by atoms with E-state index in [1.54, 1.807) is 18.4 Å². The fourth-order valence-corrected chi connectivity index (χ4v) is 2.20. The quantitative estimate of drug-likeness (QED) is 0.756. The summed E-state index contributed by atoms with van der Waals surface area (Å²) in [5.41, 5.74) is 1.79. The van der Waals surface area contributed by atoms with Gasteiger partial charge in [-0.3, -0.25) is 5.10 Å². The molecule has 0 saturated heterocycles. The molecule has 0 amide bonds. The van der Waals surface area contributed by atoms with Crippen LogP contribution in [0.2, 0.25) is 0 Å². The zero-order valence-corrected chi connectivity index (χ0v) is 11.2. The molecule has 2 aromatic heterocycles. The van der Waals surface area contributed by atoms with E-state index in [1.165, 1.54) is 18.5 Å². The van der Waals surface area contributed by atoms with Crippen LogP contribution in [-0.2, 0) is 6.42 Å². The van der Waals surface area contributed by atoms with Crippen molar-refractivity contribution in [3.8, 4) is 11.1 Å². The maximum atomic E-state index is 13.0. The van der Waals surface area contributed by atoms with Gasteiger partial charge >= 0.3 is 0 Å². The lowest BCUT2D eigenvalue weighted by atomic mass is 10.0. The van der Waals surface area contributed by atoms with Crippen molar-refractivity contribution in [3.05, 3.63) is 60.3 Å². The van der Waals surface area contributed by atoms with Gasteiger partial charge < -0.3 is 9.52 Å². The monoisotopic (exact) mass is 287 g/mol. The highest BCUT2D eigenvalue weighted by atomic mass is 19.1. The van der Waals surface area contributed by atoms with Gasteiger partial charge in [-0.05, 0) is 30.2 Å². The van der Waals surface area contributed by atoms with Crippen molar-refractivity contribution >= 4 is 0 Å². The smallest absolute Gasteiger partial charge is 0.153 e. The normalized spacial score (nSPS) is 12.5. The molecule has 3 rings (SSSR count). The van der Waals surface area contributed by atoms with Crippen molar-refractivity contribution < 1.29 is 13.9 Å². The molecule has 0 radical (unpaired) electrons. The van der Waals surface area contributed by atoms with Crippen LogP contribution < -0.4 is 0 Å². The molecule has 5 nitrogen and oxygen atoms in total. The molecule has 3 aromatic rings. The molecule has 21 heavy (non-hydrogen) atoms. The first-order valence-corrected chi connectivity index (χ1v) is 6.59. The van der Waals surface area contributed by atoms with Gasteiger partial charge in [0.15, 0.2) is 5.82 Å². The summed E-state index contributed by atoms with van der Waals surface area (Å²) < 4.78 is 18.4. The summed E-state index contributed by atoms with van der Waals surface area (Å²) >= 11 is 0. The van der Waals surface area contributed by atoms with E-state index in [2.05, 4.69) is 15.2 Å². The van der Waals surface area contributed by atoms with Gasteiger partial charge in [-0.1, -0.05) is 12.1 Å². The molecular formula is C15H14FN3O2. The molecule has 0 bridgehead atoms. The van der Waals surface area contributed by atoms with Gasteiger partial charge in [0.1, 0.15) is 24.0 Å². The number of aliphatic hydroxyl groups is 1. The average molecular weight is 287 g/mol. The van der Waals surface area contributed by atoms with Crippen LogP contribution in [0, 0.1) is 5.82 Å². The van der Waals surface area contributed by atoms with E-state index in [9.17, 15) is 9.50 Å². The number of aryl methyl sites for hydroxylation is 1. The summed E-state index contributed by atoms with van der Waals surface area (Å²) in [7, 11) is 0. The Bertz CT molecular complexity index is 692. The van der Waals surface area contributed by atoms with Crippen molar-refractivity contribution in [1.82, 2.24) is 15.2 Å². The zero-order chi connectivity index (χ0) is 14.7. The van der Waals surface area contributed by atoms with Crippen LogP contribution in [0.5, 0.6) is 0 Å². The standard InChI is InChI=1S/C15H14FN3O2/c16-11-3-1-10(2-4-11)12-7-8-21-14(12)6-5-13(20)15-17-9-18-19-15/h1-4,7-9,13,20H,5-6H2,(H,17,18,19). The van der Waals surface area contributed by atoms with Gasteiger partial charge in [-0.25, -0.2) is 9.37 Å². The number of nitrogens with one attached hydrogen (secondary N) is 1. The number of nitrogens with zero attached hydrogens (tertiary/aromatic N) is 2. The molecular weight excluding hydrogens is 273 g/mol.